The Labute approximate surface area is 126 Å². The maximum absolute atomic E-state index is 12.3. The Balaban J connectivity index is 2.38. The van der Waals surface area contributed by atoms with Gasteiger partial charge in [0.1, 0.15) is 4.90 Å². The molecule has 3 N–H and O–H groups in total. The molecule has 0 aromatic heterocycles. The quantitative estimate of drug-likeness (QED) is 0.627. The second-order valence-electron chi connectivity index (χ2n) is 4.16. The molecular formula is C13H13IN2O2S. The van der Waals surface area contributed by atoms with Gasteiger partial charge in [-0.1, -0.05) is 12.1 Å². The molecule has 0 aliphatic rings. The molecule has 0 aliphatic carbocycles. The number of nitrogen functional groups attached to an aromatic ring is 1. The van der Waals surface area contributed by atoms with E-state index in [0.29, 0.717) is 5.69 Å². The highest BCUT2D eigenvalue weighted by molar-refractivity contribution is 14.1. The fourth-order valence-corrected chi connectivity index (χ4v) is 3.38. The number of nitrogens with two attached hydrogens (primary N) is 1. The van der Waals surface area contributed by atoms with Crippen LogP contribution in [0.3, 0.4) is 0 Å². The van der Waals surface area contributed by atoms with Crippen molar-refractivity contribution < 1.29 is 8.42 Å². The maximum Gasteiger partial charge on any atom is 0.263 e. The molecule has 0 spiro atoms. The lowest BCUT2D eigenvalue weighted by atomic mass is 10.2. The van der Waals surface area contributed by atoms with Crippen LogP contribution < -0.4 is 10.5 Å². The first-order valence-corrected chi connectivity index (χ1v) is 8.09. The minimum Gasteiger partial charge on any atom is -0.398 e. The van der Waals surface area contributed by atoms with Crippen molar-refractivity contribution >= 4 is 44.0 Å². The zero-order chi connectivity index (χ0) is 14.0. The van der Waals surface area contributed by atoms with E-state index in [-0.39, 0.29) is 10.6 Å². The molecule has 19 heavy (non-hydrogen) atoms. The molecule has 0 heterocycles. The first-order chi connectivity index (χ1) is 8.88. The van der Waals surface area contributed by atoms with Gasteiger partial charge in [0.15, 0.2) is 0 Å². The predicted molar refractivity (Wildman–Crippen MR) is 85.6 cm³/mol. The molecule has 0 saturated carbocycles. The fraction of sp³-hybridized carbons (Fsp3) is 0.0769. The molecule has 0 unspecified atom stereocenters. The van der Waals surface area contributed by atoms with E-state index in [1.54, 1.807) is 30.3 Å². The van der Waals surface area contributed by atoms with E-state index in [9.17, 15) is 8.42 Å². The van der Waals surface area contributed by atoms with Gasteiger partial charge < -0.3 is 5.73 Å². The molecule has 0 bridgehead atoms. The van der Waals surface area contributed by atoms with Gasteiger partial charge in [-0.3, -0.25) is 4.72 Å². The van der Waals surface area contributed by atoms with Crippen LogP contribution in [-0.4, -0.2) is 8.42 Å². The van der Waals surface area contributed by atoms with Gasteiger partial charge in [0, 0.05) is 9.26 Å². The second kappa shape index (κ2) is 5.38. The van der Waals surface area contributed by atoms with Crippen molar-refractivity contribution in [1.82, 2.24) is 0 Å². The van der Waals surface area contributed by atoms with Gasteiger partial charge in [-0.15, -0.1) is 0 Å². The van der Waals surface area contributed by atoms with Crippen molar-refractivity contribution in [2.24, 2.45) is 0 Å². The van der Waals surface area contributed by atoms with Gasteiger partial charge >= 0.3 is 0 Å². The van der Waals surface area contributed by atoms with Crippen molar-refractivity contribution in [2.75, 3.05) is 10.5 Å². The monoisotopic (exact) mass is 388 g/mol. The average molecular weight is 388 g/mol. The molecule has 0 aliphatic heterocycles. The number of halogens is 1. The first kappa shape index (κ1) is 14.1. The molecule has 2 aromatic carbocycles. The summed E-state index contributed by atoms with van der Waals surface area (Å²) in [6, 6.07) is 12.0. The van der Waals surface area contributed by atoms with Crippen LogP contribution in [0, 0.1) is 10.5 Å². The standard InChI is InChI=1S/C13H13IN2O2S/c1-9-5-6-13(12(15)7-9)19(17,18)16-11-4-2-3-10(14)8-11/h2-8,16H,15H2,1H3. The van der Waals surface area contributed by atoms with Crippen LogP contribution in [0.2, 0.25) is 0 Å². The Morgan fingerprint density at radius 3 is 2.53 bits per heavy atom. The Kier molecular flexibility index (Phi) is 4.00. The summed E-state index contributed by atoms with van der Waals surface area (Å²) >= 11 is 2.12. The van der Waals surface area contributed by atoms with Crippen molar-refractivity contribution in [2.45, 2.75) is 11.8 Å². The van der Waals surface area contributed by atoms with Gasteiger partial charge in [-0.25, -0.2) is 8.42 Å². The van der Waals surface area contributed by atoms with Crippen LogP contribution in [0.1, 0.15) is 5.56 Å². The topological polar surface area (TPSA) is 72.2 Å². The van der Waals surface area contributed by atoms with E-state index in [4.69, 9.17) is 5.73 Å². The Hall–Kier alpha value is -1.28. The SMILES string of the molecule is Cc1ccc(S(=O)(=O)Nc2cccc(I)c2)c(N)c1. The summed E-state index contributed by atoms with van der Waals surface area (Å²) in [7, 11) is -3.66. The minimum absolute atomic E-state index is 0.0944. The highest BCUT2D eigenvalue weighted by Gasteiger charge is 2.17. The normalized spacial score (nSPS) is 11.3. The lowest BCUT2D eigenvalue weighted by Gasteiger charge is -2.10. The van der Waals surface area contributed by atoms with Crippen molar-refractivity contribution in [3.63, 3.8) is 0 Å². The molecule has 2 aromatic rings. The highest BCUT2D eigenvalue weighted by atomic mass is 127. The van der Waals surface area contributed by atoms with E-state index in [1.807, 2.05) is 13.0 Å². The van der Waals surface area contributed by atoms with E-state index in [2.05, 4.69) is 27.3 Å². The summed E-state index contributed by atoms with van der Waals surface area (Å²) in [5, 5.41) is 0. The van der Waals surface area contributed by atoms with Crippen LogP contribution in [0.4, 0.5) is 11.4 Å². The summed E-state index contributed by atoms with van der Waals surface area (Å²) in [4.78, 5) is 0.0944. The van der Waals surface area contributed by atoms with Crippen molar-refractivity contribution in [3.8, 4) is 0 Å². The molecule has 0 saturated heterocycles. The summed E-state index contributed by atoms with van der Waals surface area (Å²) < 4.78 is 28.0. The number of benzene rings is 2. The molecule has 0 amide bonds. The van der Waals surface area contributed by atoms with Gasteiger partial charge in [0.2, 0.25) is 0 Å². The van der Waals surface area contributed by atoms with Crippen molar-refractivity contribution in [3.05, 3.63) is 51.6 Å². The molecule has 0 radical (unpaired) electrons. The predicted octanol–water partition coefficient (Wildman–Crippen LogP) is 2.98. The molecule has 0 atom stereocenters. The smallest absolute Gasteiger partial charge is 0.263 e. The number of anilines is 2. The lowest BCUT2D eigenvalue weighted by molar-refractivity contribution is 0.601. The third kappa shape index (κ3) is 3.38. The van der Waals surface area contributed by atoms with Crippen LogP contribution in [0.5, 0.6) is 0 Å². The van der Waals surface area contributed by atoms with Crippen LogP contribution in [0.15, 0.2) is 47.4 Å². The first-order valence-electron chi connectivity index (χ1n) is 5.53. The van der Waals surface area contributed by atoms with Gasteiger partial charge in [0.25, 0.3) is 10.0 Å². The molecule has 100 valence electrons. The number of nitrogens with one attached hydrogen (secondary N) is 1. The third-order valence-corrected chi connectivity index (χ3v) is 4.66. The summed E-state index contributed by atoms with van der Waals surface area (Å²) in [5.41, 5.74) is 7.46. The average Bonchev–Trinajstić information content (AvgIpc) is 2.27. The zero-order valence-corrected chi connectivity index (χ0v) is 13.2. The van der Waals surface area contributed by atoms with E-state index < -0.39 is 10.0 Å². The number of rotatable bonds is 3. The van der Waals surface area contributed by atoms with Gasteiger partial charge in [-0.05, 0) is 65.4 Å². The second-order valence-corrected chi connectivity index (χ2v) is 7.05. The largest absolute Gasteiger partial charge is 0.398 e. The Bertz CT molecular complexity index is 714. The van der Waals surface area contributed by atoms with E-state index in [1.165, 1.54) is 6.07 Å². The van der Waals surface area contributed by atoms with Gasteiger partial charge in [0.05, 0.1) is 5.69 Å². The fourth-order valence-electron chi connectivity index (χ4n) is 1.67. The number of hydrogen-bond donors (Lipinski definition) is 2. The minimum atomic E-state index is -3.66. The van der Waals surface area contributed by atoms with E-state index in [0.717, 1.165) is 9.13 Å². The van der Waals surface area contributed by atoms with Gasteiger partial charge in [-0.2, -0.15) is 0 Å². The Morgan fingerprint density at radius 1 is 1.16 bits per heavy atom. The van der Waals surface area contributed by atoms with Crippen LogP contribution in [0.25, 0.3) is 0 Å². The molecule has 4 nitrogen and oxygen atoms in total. The highest BCUT2D eigenvalue weighted by Crippen LogP contribution is 2.23. The molecule has 0 fully saturated rings. The zero-order valence-electron chi connectivity index (χ0n) is 10.2. The van der Waals surface area contributed by atoms with Crippen LogP contribution >= 0.6 is 22.6 Å². The van der Waals surface area contributed by atoms with Crippen LogP contribution in [-0.2, 0) is 10.0 Å². The van der Waals surface area contributed by atoms with Crippen molar-refractivity contribution in [1.29, 1.82) is 0 Å². The van der Waals surface area contributed by atoms with E-state index >= 15 is 0 Å². The lowest BCUT2D eigenvalue weighted by Crippen LogP contribution is -2.14. The summed E-state index contributed by atoms with van der Waals surface area (Å²) in [6.07, 6.45) is 0. The number of sulfonamides is 1. The summed E-state index contributed by atoms with van der Waals surface area (Å²) in [6.45, 7) is 1.86. The number of hydrogen-bond acceptors (Lipinski definition) is 3. The number of aryl methyl sites for hydroxylation is 1. The summed E-state index contributed by atoms with van der Waals surface area (Å²) in [5.74, 6) is 0. The maximum atomic E-state index is 12.3. The Morgan fingerprint density at radius 2 is 1.89 bits per heavy atom. The molecular weight excluding hydrogens is 375 g/mol. The molecule has 2 rings (SSSR count). The molecule has 6 heteroatoms. The third-order valence-electron chi connectivity index (χ3n) is 2.53.